The topological polar surface area (TPSA) is 100 Å². The lowest BCUT2D eigenvalue weighted by atomic mass is 10.6. The van der Waals surface area contributed by atoms with Crippen molar-refractivity contribution in [1.82, 2.24) is 0 Å². The summed E-state index contributed by atoms with van der Waals surface area (Å²) in [4.78, 5) is 25.1. The van der Waals surface area contributed by atoms with Crippen LogP contribution in [0.25, 0.3) is 0 Å². The summed E-state index contributed by atoms with van der Waals surface area (Å²) in [6.45, 7) is -2.22. The molecule has 0 rings (SSSR count). The highest BCUT2D eigenvalue weighted by molar-refractivity contribution is 8.06. The van der Waals surface area contributed by atoms with Gasteiger partial charge in [0.15, 0.2) is 0 Å². The molecule has 0 amide bonds. The minimum atomic E-state index is -3.52. The maximum atomic E-state index is 8.66. The molecule has 0 aromatic carbocycles. The molecule has 0 bridgehead atoms. The quantitative estimate of drug-likeness (QED) is 0.310. The van der Waals surface area contributed by atoms with E-state index in [0.29, 0.717) is 19.6 Å². The smallest absolute Gasteiger partial charge is 0.321 e. The third kappa shape index (κ3) is 11.8. The fraction of sp³-hybridized carbons (Fsp3) is 0.667. The lowest BCUT2D eigenvalue weighted by Gasteiger charge is -2.05. The van der Waals surface area contributed by atoms with E-state index < -0.39 is 6.72 Å². The molecule has 0 aliphatic heterocycles. The van der Waals surface area contributed by atoms with E-state index in [-0.39, 0.29) is 6.61 Å². The van der Waals surface area contributed by atoms with Crippen LogP contribution in [0.3, 0.4) is 0 Å². The minimum Gasteiger partial charge on any atom is -0.326 e. The van der Waals surface area contributed by atoms with Gasteiger partial charge in [-0.2, -0.15) is 0 Å². The molecular formula is C6H14N3O3PS. The van der Waals surface area contributed by atoms with Crippen molar-refractivity contribution >= 4 is 31.0 Å². The number of aliphatic imine (C=N–C) groups is 2. The van der Waals surface area contributed by atoms with Crippen molar-refractivity contribution in [2.75, 3.05) is 26.2 Å². The van der Waals surface area contributed by atoms with Crippen LogP contribution >= 0.6 is 6.72 Å². The van der Waals surface area contributed by atoms with Crippen molar-refractivity contribution < 1.29 is 14.3 Å². The maximum Gasteiger partial charge on any atom is 0.321 e. The Bertz CT molecular complexity index is 240. The number of nitrogens with two attached hydrogens (primary N) is 1. The number of hydrogen-bond acceptors (Lipinski definition) is 5. The predicted octanol–water partition coefficient (Wildman–Crippen LogP) is -0.688. The van der Waals surface area contributed by atoms with Crippen molar-refractivity contribution in [2.24, 2.45) is 15.7 Å². The Morgan fingerprint density at radius 3 is 2.64 bits per heavy atom. The Labute approximate surface area is 87.8 Å². The molecule has 0 saturated carbocycles. The third-order valence-corrected chi connectivity index (χ3v) is 1.87. The van der Waals surface area contributed by atoms with E-state index in [1.807, 2.05) is 0 Å². The van der Waals surface area contributed by atoms with E-state index >= 15 is 0 Å². The van der Waals surface area contributed by atoms with Gasteiger partial charge < -0.3 is 20.0 Å². The maximum absolute atomic E-state index is 8.66. The number of hydrogen-bond donors (Lipinski definition) is 3. The standard InChI is InChI=1S/C6H14N3O3PS/c7-1-2-8-3-4-9-5-6-12-13(10,11)14/h2,4H,1,3,5-7H2,(H2,10,11,14). The van der Waals surface area contributed by atoms with Gasteiger partial charge in [0.2, 0.25) is 0 Å². The van der Waals surface area contributed by atoms with E-state index in [4.69, 9.17) is 15.5 Å². The van der Waals surface area contributed by atoms with Gasteiger partial charge in [-0.15, -0.1) is 0 Å². The summed E-state index contributed by atoms with van der Waals surface area (Å²) in [6.07, 6.45) is 3.18. The lowest BCUT2D eigenvalue weighted by Crippen LogP contribution is -2.00. The highest BCUT2D eigenvalue weighted by atomic mass is 32.5. The molecule has 0 aromatic heterocycles. The van der Waals surface area contributed by atoms with Gasteiger partial charge in [-0.25, -0.2) is 0 Å². The van der Waals surface area contributed by atoms with Crippen LogP contribution in [0, 0.1) is 0 Å². The molecule has 0 fully saturated rings. The van der Waals surface area contributed by atoms with Gasteiger partial charge in [0.1, 0.15) is 0 Å². The summed E-state index contributed by atoms with van der Waals surface area (Å²) in [6, 6.07) is 0. The Morgan fingerprint density at radius 1 is 1.36 bits per heavy atom. The first kappa shape index (κ1) is 13.8. The summed E-state index contributed by atoms with van der Waals surface area (Å²) >= 11 is 4.23. The van der Waals surface area contributed by atoms with E-state index in [0.717, 1.165) is 0 Å². The summed E-state index contributed by atoms with van der Waals surface area (Å²) < 4.78 is 4.52. The van der Waals surface area contributed by atoms with Crippen molar-refractivity contribution in [3.05, 3.63) is 0 Å². The van der Waals surface area contributed by atoms with E-state index in [1.54, 1.807) is 12.4 Å². The normalized spacial score (nSPS) is 13.1. The monoisotopic (exact) mass is 239 g/mol. The molecule has 0 atom stereocenters. The van der Waals surface area contributed by atoms with E-state index in [1.165, 1.54) is 0 Å². The van der Waals surface area contributed by atoms with Gasteiger partial charge in [0.25, 0.3) is 0 Å². The fourth-order valence-corrected chi connectivity index (χ4v) is 1.10. The highest BCUT2D eigenvalue weighted by Gasteiger charge is 2.05. The van der Waals surface area contributed by atoms with E-state index in [2.05, 4.69) is 26.3 Å². The molecular weight excluding hydrogens is 225 g/mol. The predicted molar refractivity (Wildman–Crippen MR) is 60.4 cm³/mol. The van der Waals surface area contributed by atoms with Crippen LogP contribution in [0.15, 0.2) is 9.98 Å². The second-order valence-electron chi connectivity index (χ2n) is 2.20. The molecule has 0 saturated heterocycles. The molecule has 8 heteroatoms. The molecule has 0 radical (unpaired) electrons. The largest absolute Gasteiger partial charge is 0.326 e. The second-order valence-corrected chi connectivity index (χ2v) is 4.86. The van der Waals surface area contributed by atoms with E-state index in [9.17, 15) is 0 Å². The molecule has 14 heavy (non-hydrogen) atoms. The molecule has 0 aliphatic rings. The van der Waals surface area contributed by atoms with Crippen LogP contribution in [0.2, 0.25) is 0 Å². The fourth-order valence-electron chi connectivity index (χ4n) is 0.558. The van der Waals surface area contributed by atoms with Crippen LogP contribution in [0.4, 0.5) is 0 Å². The molecule has 6 nitrogen and oxygen atoms in total. The van der Waals surface area contributed by atoms with Crippen LogP contribution in [0.5, 0.6) is 0 Å². The van der Waals surface area contributed by atoms with Gasteiger partial charge in [-0.05, 0) is 11.8 Å². The second kappa shape index (κ2) is 8.16. The van der Waals surface area contributed by atoms with Gasteiger partial charge in [-0.3, -0.25) is 9.98 Å². The SMILES string of the molecule is NCC=NCC=NCCOP(O)(O)=S. The molecule has 0 heterocycles. The summed E-state index contributed by atoms with van der Waals surface area (Å²) in [5, 5.41) is 0. The van der Waals surface area contributed by atoms with Gasteiger partial charge in [0, 0.05) is 19.0 Å². The molecule has 0 aliphatic carbocycles. The first-order valence-electron chi connectivity index (χ1n) is 3.93. The zero-order chi connectivity index (χ0) is 10.9. The van der Waals surface area contributed by atoms with Crippen molar-refractivity contribution in [3.63, 3.8) is 0 Å². The van der Waals surface area contributed by atoms with Crippen LogP contribution in [-0.2, 0) is 16.3 Å². The van der Waals surface area contributed by atoms with Gasteiger partial charge in [-0.1, -0.05) is 0 Å². The summed E-state index contributed by atoms with van der Waals surface area (Å²) in [7, 11) is 0. The first-order valence-corrected chi connectivity index (χ1v) is 6.55. The van der Waals surface area contributed by atoms with Crippen molar-refractivity contribution in [3.8, 4) is 0 Å². The van der Waals surface area contributed by atoms with Crippen molar-refractivity contribution in [1.29, 1.82) is 0 Å². The zero-order valence-electron chi connectivity index (χ0n) is 7.61. The molecule has 82 valence electrons. The van der Waals surface area contributed by atoms with Gasteiger partial charge in [0.05, 0.1) is 19.7 Å². The molecule has 0 unspecified atom stereocenters. The average Bonchev–Trinajstić information content (AvgIpc) is 2.08. The van der Waals surface area contributed by atoms with Gasteiger partial charge >= 0.3 is 6.72 Å². The molecule has 0 aromatic rings. The summed E-state index contributed by atoms with van der Waals surface area (Å²) in [5.74, 6) is 0. The number of nitrogens with zero attached hydrogens (tertiary/aromatic N) is 2. The lowest BCUT2D eigenvalue weighted by molar-refractivity contribution is 0.259. The van der Waals surface area contributed by atoms with Crippen molar-refractivity contribution in [2.45, 2.75) is 0 Å². The Hall–Kier alpha value is -0.170. The Balaban J connectivity index is 3.36. The summed E-state index contributed by atoms with van der Waals surface area (Å²) in [5.41, 5.74) is 5.16. The molecule has 4 N–H and O–H groups in total. The Morgan fingerprint density at radius 2 is 2.07 bits per heavy atom. The van der Waals surface area contributed by atoms with Crippen LogP contribution in [-0.4, -0.2) is 48.5 Å². The average molecular weight is 239 g/mol. The highest BCUT2D eigenvalue weighted by Crippen LogP contribution is 2.35. The first-order chi connectivity index (χ1) is 6.56. The molecule has 0 spiro atoms. The van der Waals surface area contributed by atoms with Crippen LogP contribution < -0.4 is 5.73 Å². The third-order valence-electron chi connectivity index (χ3n) is 1.03. The minimum absolute atomic E-state index is 0.0986. The Kier molecular flexibility index (Phi) is 8.07. The number of rotatable bonds is 7. The van der Waals surface area contributed by atoms with Crippen LogP contribution in [0.1, 0.15) is 0 Å². The zero-order valence-corrected chi connectivity index (χ0v) is 9.32.